The van der Waals surface area contributed by atoms with E-state index in [-0.39, 0.29) is 0 Å². The molecule has 0 aromatic rings. The monoisotopic (exact) mass is 932 g/mol. The van der Waals surface area contributed by atoms with E-state index in [9.17, 15) is 4.79 Å². The molecule has 19 heteroatoms. The van der Waals surface area contributed by atoms with E-state index >= 15 is 0 Å². The standard InChI is InChI=1S/C39H88O13Si6/c1-36(40)20-21-38-34-37(22-32-53(14,24-16-28-55(41-2,42-3)43-4)25-17-29-56(44-5,45-6)46-7)35-39(38)23-33-54(15,26-18-30-57(47-8,48-9)49-10)27-19-31-58(50-11,51-12)52-13/h37-39H,16-35H2,1-15H3. The summed E-state index contributed by atoms with van der Waals surface area (Å²) in [5.41, 5.74) is 0. The molecule has 3 atom stereocenters. The van der Waals surface area contributed by atoms with E-state index in [2.05, 4.69) is 13.1 Å². The minimum Gasteiger partial charge on any atom is -0.377 e. The number of hydrogen-bond donors (Lipinski definition) is 0. The van der Waals surface area contributed by atoms with E-state index in [0.29, 0.717) is 30.0 Å². The number of rotatable bonds is 37. The van der Waals surface area contributed by atoms with Crippen molar-refractivity contribution in [2.75, 3.05) is 85.3 Å². The van der Waals surface area contributed by atoms with Crippen LogP contribution in [0.15, 0.2) is 0 Å². The first-order chi connectivity index (χ1) is 27.5. The summed E-state index contributed by atoms with van der Waals surface area (Å²) in [6.45, 7) is 6.93. The summed E-state index contributed by atoms with van der Waals surface area (Å²) in [7, 11) is 6.45. The third-order valence-corrected chi connectivity index (χ3v) is 34.4. The van der Waals surface area contributed by atoms with Gasteiger partial charge in [-0.3, -0.25) is 0 Å². The molecule has 346 valence electrons. The van der Waals surface area contributed by atoms with Crippen molar-refractivity contribution < 1.29 is 57.9 Å². The summed E-state index contributed by atoms with van der Waals surface area (Å²) in [6.07, 6.45) is 10.8. The Bertz CT molecular complexity index is 1010. The van der Waals surface area contributed by atoms with Gasteiger partial charge in [0, 0.05) is 116 Å². The van der Waals surface area contributed by atoms with Gasteiger partial charge in [-0.05, 0) is 43.9 Å². The number of Topliss-reactive ketones (excluding diaryl/α,β-unsaturated/α-hetero) is 1. The number of carbonyl (C=O) groups excluding carboxylic acids is 1. The van der Waals surface area contributed by atoms with Crippen LogP contribution in [0.1, 0.15) is 71.1 Å². The van der Waals surface area contributed by atoms with Gasteiger partial charge in [0.2, 0.25) is 0 Å². The topological polar surface area (TPSA) is 128 Å². The fourth-order valence-electron chi connectivity index (χ4n) is 9.66. The Morgan fingerprint density at radius 1 is 0.397 bits per heavy atom. The Kier molecular flexibility index (Phi) is 27.6. The molecule has 1 aliphatic rings. The van der Waals surface area contributed by atoms with Crippen LogP contribution >= 0.6 is 0 Å². The number of carbonyl (C=O) groups is 1. The zero-order valence-electron chi connectivity index (χ0n) is 39.7. The van der Waals surface area contributed by atoms with Gasteiger partial charge >= 0.3 is 35.2 Å². The van der Waals surface area contributed by atoms with Gasteiger partial charge < -0.3 is 57.9 Å². The zero-order valence-corrected chi connectivity index (χ0v) is 45.7. The Morgan fingerprint density at radius 2 is 0.655 bits per heavy atom. The van der Waals surface area contributed by atoms with Crippen molar-refractivity contribution in [3.63, 3.8) is 0 Å². The van der Waals surface area contributed by atoms with E-state index < -0.39 is 51.4 Å². The van der Waals surface area contributed by atoms with Crippen molar-refractivity contribution in [2.45, 2.75) is 145 Å². The molecule has 13 nitrogen and oxygen atoms in total. The van der Waals surface area contributed by atoms with Crippen LogP contribution in [0, 0.1) is 17.8 Å². The zero-order chi connectivity index (χ0) is 43.9. The predicted octanol–water partition coefficient (Wildman–Crippen LogP) is 9.01. The van der Waals surface area contributed by atoms with Crippen LogP contribution in [0.2, 0.25) is 73.5 Å². The molecular weight excluding hydrogens is 845 g/mol. The SMILES string of the molecule is CO[Si](CCC[Si](C)(CCC[Si](OC)(OC)OC)CCC1CC(CCC(C)=O)C(CC[Si](C)(CCC[Si](OC)(OC)OC)CCC[Si](OC)(OC)OC)C1)(OC)OC. The molecule has 0 heterocycles. The van der Waals surface area contributed by atoms with E-state index in [4.69, 9.17) is 53.1 Å². The van der Waals surface area contributed by atoms with Gasteiger partial charge in [-0.25, -0.2) is 0 Å². The molecular formula is C39H88O13Si6. The molecule has 0 radical (unpaired) electrons. The summed E-state index contributed by atoms with van der Waals surface area (Å²) < 4.78 is 69.5. The predicted molar refractivity (Wildman–Crippen MR) is 246 cm³/mol. The molecule has 58 heavy (non-hydrogen) atoms. The molecule has 0 bridgehead atoms. The van der Waals surface area contributed by atoms with Gasteiger partial charge in [0.25, 0.3) is 0 Å². The average molecular weight is 934 g/mol. The van der Waals surface area contributed by atoms with Gasteiger partial charge in [-0.15, -0.1) is 0 Å². The second kappa shape index (κ2) is 28.3. The lowest BCUT2D eigenvalue weighted by molar-refractivity contribution is -0.117. The minimum absolute atomic E-state index is 0.302. The van der Waals surface area contributed by atoms with Gasteiger partial charge in [0.1, 0.15) is 5.78 Å². The van der Waals surface area contributed by atoms with Crippen LogP contribution in [0.5, 0.6) is 0 Å². The second-order valence-corrected chi connectivity index (χ2v) is 40.0. The molecule has 0 N–H and O–H groups in total. The molecule has 1 aliphatic carbocycles. The van der Waals surface area contributed by atoms with E-state index in [1.54, 1.807) is 92.2 Å². The lowest BCUT2D eigenvalue weighted by Crippen LogP contribution is -2.44. The van der Waals surface area contributed by atoms with E-state index in [1.165, 1.54) is 61.9 Å². The first-order valence-corrected chi connectivity index (χ1v) is 35.6. The molecule has 1 saturated carbocycles. The van der Waals surface area contributed by atoms with Crippen LogP contribution in [-0.4, -0.2) is 142 Å². The maximum atomic E-state index is 12.3. The molecule has 1 rings (SSSR count). The molecule has 0 aromatic heterocycles. The highest BCUT2D eigenvalue weighted by Crippen LogP contribution is 2.46. The smallest absolute Gasteiger partial charge is 0.377 e. The lowest BCUT2D eigenvalue weighted by Gasteiger charge is -2.33. The summed E-state index contributed by atoms with van der Waals surface area (Å²) in [5.74, 6) is 2.23. The third-order valence-electron chi connectivity index (χ3n) is 13.9. The van der Waals surface area contributed by atoms with Gasteiger partial charge in [0.15, 0.2) is 0 Å². The first-order valence-electron chi connectivity index (χ1n) is 21.6. The van der Waals surface area contributed by atoms with Crippen molar-refractivity contribution in [1.82, 2.24) is 0 Å². The Balaban J connectivity index is 3.23. The average Bonchev–Trinajstić information content (AvgIpc) is 3.65. The minimum atomic E-state index is -2.65. The maximum absolute atomic E-state index is 12.3. The van der Waals surface area contributed by atoms with Crippen LogP contribution < -0.4 is 0 Å². The van der Waals surface area contributed by atoms with Crippen molar-refractivity contribution in [3.8, 4) is 0 Å². The fourth-order valence-corrected chi connectivity index (χ4v) is 25.8. The van der Waals surface area contributed by atoms with Gasteiger partial charge in [-0.2, -0.15) is 0 Å². The van der Waals surface area contributed by atoms with Crippen molar-refractivity contribution in [3.05, 3.63) is 0 Å². The normalized spacial score (nSPS) is 18.7. The van der Waals surface area contributed by atoms with Crippen molar-refractivity contribution in [2.24, 2.45) is 17.8 Å². The molecule has 0 spiro atoms. The lowest BCUT2D eigenvalue weighted by atomic mass is 9.89. The summed E-state index contributed by atoms with van der Waals surface area (Å²) in [4.78, 5) is 12.3. The largest absolute Gasteiger partial charge is 0.500 e. The molecule has 0 aliphatic heterocycles. The number of hydrogen-bond acceptors (Lipinski definition) is 13. The quantitative estimate of drug-likeness (QED) is 0.0551. The first kappa shape index (κ1) is 56.5. The third kappa shape index (κ3) is 18.3. The van der Waals surface area contributed by atoms with Crippen LogP contribution in [-0.2, 0) is 57.9 Å². The van der Waals surface area contributed by atoms with Crippen LogP contribution in [0.4, 0.5) is 0 Å². The van der Waals surface area contributed by atoms with E-state index in [1.807, 2.05) is 0 Å². The summed E-state index contributed by atoms with van der Waals surface area (Å²) in [5, 5.41) is 0. The fraction of sp³-hybridized carbons (Fsp3) is 0.974. The highest BCUT2D eigenvalue weighted by molar-refractivity contribution is 6.79. The highest BCUT2D eigenvalue weighted by Gasteiger charge is 2.44. The molecule has 0 saturated heterocycles. The van der Waals surface area contributed by atoms with Crippen LogP contribution in [0.25, 0.3) is 0 Å². The molecule has 3 unspecified atom stereocenters. The molecule has 0 amide bonds. The van der Waals surface area contributed by atoms with E-state index in [0.717, 1.165) is 56.3 Å². The summed E-state index contributed by atoms with van der Waals surface area (Å²) in [6, 6.07) is 10.6. The molecule has 1 fully saturated rings. The van der Waals surface area contributed by atoms with Crippen molar-refractivity contribution in [1.29, 1.82) is 0 Å². The summed E-state index contributed by atoms with van der Waals surface area (Å²) >= 11 is 0. The maximum Gasteiger partial charge on any atom is 0.500 e. The molecule has 0 aromatic carbocycles. The Labute approximate surface area is 361 Å². The van der Waals surface area contributed by atoms with Gasteiger partial charge in [0.05, 0.1) is 16.1 Å². The van der Waals surface area contributed by atoms with Crippen LogP contribution in [0.3, 0.4) is 0 Å². The second-order valence-electron chi connectivity index (χ2n) is 17.4. The van der Waals surface area contributed by atoms with Gasteiger partial charge in [-0.1, -0.05) is 87.9 Å². The Morgan fingerprint density at radius 3 is 0.914 bits per heavy atom. The highest BCUT2D eigenvalue weighted by atomic mass is 28.4. The Hall–Kier alpha value is 0.491. The number of ketones is 1. The van der Waals surface area contributed by atoms with Crippen molar-refractivity contribution >= 4 is 57.1 Å².